The maximum atomic E-state index is 12.7. The third kappa shape index (κ3) is 6.03. The van der Waals surface area contributed by atoms with Crippen LogP contribution in [-0.4, -0.2) is 49.4 Å². The minimum absolute atomic E-state index is 0.0677. The first-order valence-corrected chi connectivity index (χ1v) is 10.0. The predicted molar refractivity (Wildman–Crippen MR) is 111 cm³/mol. The summed E-state index contributed by atoms with van der Waals surface area (Å²) < 4.78 is 40.8. The van der Waals surface area contributed by atoms with Crippen LogP contribution in [-0.2, 0) is 4.79 Å². The van der Waals surface area contributed by atoms with Gasteiger partial charge in [-0.2, -0.15) is 0 Å². The maximum Gasteiger partial charge on any atom is 0.573 e. The molecule has 1 aliphatic heterocycles. The Kier molecular flexibility index (Phi) is 7.10. The van der Waals surface area contributed by atoms with Gasteiger partial charge in [0.05, 0.1) is 6.04 Å². The molecule has 2 aromatic rings. The second kappa shape index (κ2) is 9.57. The number of hydrogen-bond donors (Lipinski definition) is 1. The highest BCUT2D eigenvalue weighted by Crippen LogP contribution is 2.26. The van der Waals surface area contributed by atoms with Crippen LogP contribution in [0.3, 0.4) is 0 Å². The smallest absolute Gasteiger partial charge is 0.406 e. The summed E-state index contributed by atoms with van der Waals surface area (Å²) in [5.41, 5.74) is 1.52. The lowest BCUT2D eigenvalue weighted by Gasteiger charge is -2.39. The Labute approximate surface area is 178 Å². The van der Waals surface area contributed by atoms with Gasteiger partial charge in [0, 0.05) is 42.6 Å². The van der Waals surface area contributed by atoms with Crippen LogP contribution in [0.2, 0.25) is 5.02 Å². The van der Waals surface area contributed by atoms with Crippen molar-refractivity contribution < 1.29 is 22.7 Å². The number of carbonyl (C=O) groups is 1. The molecule has 1 atom stereocenters. The topological polar surface area (TPSA) is 44.8 Å². The molecule has 0 bridgehead atoms. The minimum atomic E-state index is -4.70. The van der Waals surface area contributed by atoms with Gasteiger partial charge in [-0.1, -0.05) is 18.5 Å². The molecule has 1 amide bonds. The van der Waals surface area contributed by atoms with Crippen molar-refractivity contribution in [2.24, 2.45) is 0 Å². The molecule has 0 aromatic heterocycles. The number of carbonyl (C=O) groups excluding carboxylic acids is 1. The highest BCUT2D eigenvalue weighted by atomic mass is 35.5. The van der Waals surface area contributed by atoms with Crippen LogP contribution in [0.25, 0.3) is 0 Å². The summed E-state index contributed by atoms with van der Waals surface area (Å²) >= 11 is 5.88. The van der Waals surface area contributed by atoms with E-state index in [9.17, 15) is 18.0 Å². The van der Waals surface area contributed by atoms with Gasteiger partial charge in [-0.25, -0.2) is 0 Å². The first-order valence-electron chi connectivity index (χ1n) is 9.66. The molecule has 1 aliphatic rings. The van der Waals surface area contributed by atoms with Crippen molar-refractivity contribution in [3.05, 3.63) is 53.6 Å². The second-order valence-corrected chi connectivity index (χ2v) is 7.42. The molecule has 162 valence electrons. The Morgan fingerprint density at radius 2 is 1.67 bits per heavy atom. The van der Waals surface area contributed by atoms with Gasteiger partial charge in [-0.3, -0.25) is 9.69 Å². The lowest BCUT2D eigenvalue weighted by Crippen LogP contribution is -2.53. The standard InChI is InChI=1S/C21H23ClF3N3O2/c1-2-19(20(29)26-16-5-3-15(22)4-6-16)28-13-11-27(12-14-28)17-7-9-18(10-8-17)30-21(23,24)25/h3-10,19H,2,11-14H2,1H3,(H,26,29). The Morgan fingerprint density at radius 1 is 1.07 bits per heavy atom. The van der Waals surface area contributed by atoms with Crippen LogP contribution in [0.5, 0.6) is 5.75 Å². The van der Waals surface area contributed by atoms with E-state index >= 15 is 0 Å². The molecule has 1 fully saturated rings. The van der Waals surface area contributed by atoms with Gasteiger partial charge in [0.1, 0.15) is 5.75 Å². The van der Waals surface area contributed by atoms with E-state index in [-0.39, 0.29) is 17.7 Å². The average Bonchev–Trinajstić information content (AvgIpc) is 2.70. The number of rotatable bonds is 6. The van der Waals surface area contributed by atoms with E-state index in [0.717, 1.165) is 5.69 Å². The summed E-state index contributed by atoms with van der Waals surface area (Å²) in [5.74, 6) is -0.309. The van der Waals surface area contributed by atoms with Crippen molar-refractivity contribution in [2.75, 3.05) is 36.4 Å². The lowest BCUT2D eigenvalue weighted by atomic mass is 10.1. The zero-order valence-corrected chi connectivity index (χ0v) is 17.2. The minimum Gasteiger partial charge on any atom is -0.406 e. The molecule has 0 spiro atoms. The van der Waals surface area contributed by atoms with Gasteiger partial charge in [0.25, 0.3) is 0 Å². The van der Waals surface area contributed by atoms with Crippen molar-refractivity contribution in [2.45, 2.75) is 25.7 Å². The van der Waals surface area contributed by atoms with Crippen LogP contribution in [0.1, 0.15) is 13.3 Å². The van der Waals surface area contributed by atoms with E-state index in [4.69, 9.17) is 11.6 Å². The molecular weight excluding hydrogens is 419 g/mol. The van der Waals surface area contributed by atoms with Crippen LogP contribution in [0.15, 0.2) is 48.5 Å². The molecule has 0 saturated carbocycles. The number of benzene rings is 2. The lowest BCUT2D eigenvalue weighted by molar-refractivity contribution is -0.274. The largest absolute Gasteiger partial charge is 0.573 e. The van der Waals surface area contributed by atoms with Crippen LogP contribution < -0.4 is 15.0 Å². The Balaban J connectivity index is 1.55. The third-order valence-corrected chi connectivity index (χ3v) is 5.24. The van der Waals surface area contributed by atoms with Crippen molar-refractivity contribution in [3.8, 4) is 5.75 Å². The van der Waals surface area contributed by atoms with Crippen LogP contribution in [0, 0.1) is 0 Å². The highest BCUT2D eigenvalue weighted by Gasteiger charge is 2.31. The van der Waals surface area contributed by atoms with E-state index in [1.165, 1.54) is 12.1 Å². The van der Waals surface area contributed by atoms with E-state index in [1.807, 2.05) is 6.92 Å². The van der Waals surface area contributed by atoms with Crippen molar-refractivity contribution in [1.82, 2.24) is 4.90 Å². The number of piperazine rings is 1. The van der Waals surface area contributed by atoms with Crippen LogP contribution in [0.4, 0.5) is 24.5 Å². The van der Waals surface area contributed by atoms with Gasteiger partial charge in [0.15, 0.2) is 0 Å². The third-order valence-electron chi connectivity index (χ3n) is 4.99. The predicted octanol–water partition coefficient (Wildman–Crippen LogP) is 4.78. The fraction of sp³-hybridized carbons (Fsp3) is 0.381. The van der Waals surface area contributed by atoms with Crippen LogP contribution >= 0.6 is 11.6 Å². The number of amides is 1. The molecule has 1 saturated heterocycles. The maximum absolute atomic E-state index is 12.7. The van der Waals surface area contributed by atoms with Crippen molar-refractivity contribution >= 4 is 28.9 Å². The summed E-state index contributed by atoms with van der Waals surface area (Å²) in [7, 11) is 0. The number of hydrogen-bond acceptors (Lipinski definition) is 4. The number of alkyl halides is 3. The molecule has 9 heteroatoms. The summed E-state index contributed by atoms with van der Waals surface area (Å²) in [5, 5.41) is 3.53. The number of ether oxygens (including phenoxy) is 1. The normalized spacial score (nSPS) is 16.2. The molecule has 0 radical (unpaired) electrons. The summed E-state index contributed by atoms with van der Waals surface area (Å²) in [6, 6.07) is 12.6. The van der Waals surface area contributed by atoms with E-state index in [0.29, 0.717) is 43.3 Å². The SMILES string of the molecule is CCC(C(=O)Nc1ccc(Cl)cc1)N1CCN(c2ccc(OC(F)(F)F)cc2)CC1. The van der Waals surface area contributed by atoms with Crippen molar-refractivity contribution in [3.63, 3.8) is 0 Å². The summed E-state index contributed by atoms with van der Waals surface area (Å²) in [6.45, 7) is 4.66. The molecule has 0 aliphatic carbocycles. The highest BCUT2D eigenvalue weighted by molar-refractivity contribution is 6.30. The van der Waals surface area contributed by atoms with E-state index < -0.39 is 6.36 Å². The molecule has 2 aromatic carbocycles. The molecular formula is C21H23ClF3N3O2. The number of nitrogens with one attached hydrogen (secondary N) is 1. The molecule has 1 N–H and O–H groups in total. The van der Waals surface area contributed by atoms with E-state index in [2.05, 4.69) is 19.9 Å². The molecule has 5 nitrogen and oxygen atoms in total. The molecule has 1 heterocycles. The molecule has 3 rings (SSSR count). The summed E-state index contributed by atoms with van der Waals surface area (Å²) in [6.07, 6.45) is -4.03. The second-order valence-electron chi connectivity index (χ2n) is 6.98. The fourth-order valence-corrected chi connectivity index (χ4v) is 3.64. The van der Waals surface area contributed by atoms with Crippen molar-refractivity contribution in [1.29, 1.82) is 0 Å². The number of halogens is 4. The number of anilines is 2. The average molecular weight is 442 g/mol. The monoisotopic (exact) mass is 441 g/mol. The Hall–Kier alpha value is -2.45. The Bertz CT molecular complexity index is 836. The first kappa shape index (κ1) is 22.2. The fourth-order valence-electron chi connectivity index (χ4n) is 3.52. The molecule has 30 heavy (non-hydrogen) atoms. The van der Waals surface area contributed by atoms with Gasteiger partial charge < -0.3 is 15.0 Å². The summed E-state index contributed by atoms with van der Waals surface area (Å²) in [4.78, 5) is 16.9. The van der Waals surface area contributed by atoms with E-state index in [1.54, 1.807) is 36.4 Å². The van der Waals surface area contributed by atoms with Gasteiger partial charge in [-0.05, 0) is 55.0 Å². The number of nitrogens with zero attached hydrogens (tertiary/aromatic N) is 2. The quantitative estimate of drug-likeness (QED) is 0.701. The van der Waals surface area contributed by atoms with Gasteiger partial charge in [0.2, 0.25) is 5.91 Å². The Morgan fingerprint density at radius 3 is 2.20 bits per heavy atom. The van der Waals surface area contributed by atoms with Gasteiger partial charge in [-0.15, -0.1) is 13.2 Å². The van der Waals surface area contributed by atoms with Gasteiger partial charge >= 0.3 is 6.36 Å². The first-order chi connectivity index (χ1) is 14.2. The molecule has 1 unspecified atom stereocenters. The zero-order valence-electron chi connectivity index (χ0n) is 16.5. The zero-order chi connectivity index (χ0) is 21.7.